The number of nitrogens with two attached hydrogens (primary N) is 1. The predicted molar refractivity (Wildman–Crippen MR) is 85.9 cm³/mol. The van der Waals surface area contributed by atoms with E-state index in [2.05, 4.69) is 55.4 Å². The fraction of sp³-hybridized carbons (Fsp3) is 0.562. The van der Waals surface area contributed by atoms with Gasteiger partial charge in [-0.2, -0.15) is 0 Å². The molecule has 0 radical (unpaired) electrons. The summed E-state index contributed by atoms with van der Waals surface area (Å²) in [5.74, 6) is 1.25. The van der Waals surface area contributed by atoms with E-state index in [-0.39, 0.29) is 0 Å². The van der Waals surface area contributed by atoms with Crippen LogP contribution >= 0.6 is 0 Å². The van der Waals surface area contributed by atoms with Crippen molar-refractivity contribution in [3.63, 3.8) is 0 Å². The number of aromatic nitrogens is 2. The van der Waals surface area contributed by atoms with E-state index in [1.165, 1.54) is 11.1 Å². The molecule has 4 nitrogen and oxygen atoms in total. The van der Waals surface area contributed by atoms with Crippen LogP contribution in [-0.4, -0.2) is 35.1 Å². The van der Waals surface area contributed by atoms with E-state index in [0.29, 0.717) is 17.9 Å². The van der Waals surface area contributed by atoms with E-state index < -0.39 is 0 Å². The highest BCUT2D eigenvalue weighted by Gasteiger charge is 2.20. The van der Waals surface area contributed by atoms with Gasteiger partial charge in [-0.15, -0.1) is 0 Å². The second-order valence-corrected chi connectivity index (χ2v) is 6.33. The maximum atomic E-state index is 6.21. The normalized spacial score (nSPS) is 13.6. The number of para-hydroxylation sites is 1. The van der Waals surface area contributed by atoms with Crippen LogP contribution in [0.2, 0.25) is 0 Å². The molecule has 0 amide bonds. The molecule has 1 aromatic heterocycles. The zero-order valence-corrected chi connectivity index (χ0v) is 13.2. The lowest BCUT2D eigenvalue weighted by Gasteiger charge is -2.26. The monoisotopic (exact) mass is 274 g/mol. The van der Waals surface area contributed by atoms with Crippen molar-refractivity contribution in [2.45, 2.75) is 33.2 Å². The maximum Gasteiger partial charge on any atom is 0.201 e. The smallest absolute Gasteiger partial charge is 0.201 e. The summed E-state index contributed by atoms with van der Waals surface area (Å²) in [6.07, 6.45) is 1.10. The molecule has 2 rings (SSSR count). The van der Waals surface area contributed by atoms with Crippen LogP contribution in [0.4, 0.5) is 5.95 Å². The Hall–Kier alpha value is -1.55. The Morgan fingerprint density at radius 1 is 1.30 bits per heavy atom. The van der Waals surface area contributed by atoms with Gasteiger partial charge >= 0.3 is 0 Å². The Morgan fingerprint density at radius 3 is 2.60 bits per heavy atom. The lowest BCUT2D eigenvalue weighted by atomic mass is 10.0. The van der Waals surface area contributed by atoms with Gasteiger partial charge in [0.1, 0.15) is 0 Å². The number of aryl methyl sites for hydroxylation is 1. The third kappa shape index (κ3) is 2.96. The summed E-state index contributed by atoms with van der Waals surface area (Å²) in [6, 6.07) is 6.56. The van der Waals surface area contributed by atoms with Crippen molar-refractivity contribution in [3.8, 4) is 0 Å². The number of benzene rings is 1. The van der Waals surface area contributed by atoms with Gasteiger partial charge in [-0.05, 0) is 45.0 Å². The highest BCUT2D eigenvalue weighted by Crippen LogP contribution is 2.29. The molecule has 0 aliphatic rings. The average molecular weight is 274 g/mol. The fourth-order valence-corrected chi connectivity index (χ4v) is 2.94. The first kappa shape index (κ1) is 14.9. The molecular formula is C16H26N4. The molecule has 2 aromatic rings. The zero-order chi connectivity index (χ0) is 14.9. The minimum absolute atomic E-state index is 0.357. The molecule has 20 heavy (non-hydrogen) atoms. The third-order valence-electron chi connectivity index (χ3n) is 3.62. The Kier molecular flexibility index (Phi) is 4.33. The standard InChI is InChI=1S/C16H26N4/c1-11(2)9-13(10-19(4)5)20-15-12(3)7-6-8-14(15)18-16(20)17/h6-8,11,13H,9-10H2,1-5H3,(H2,17,18). The minimum Gasteiger partial charge on any atom is -0.369 e. The number of imidazole rings is 1. The summed E-state index contributed by atoms with van der Waals surface area (Å²) >= 11 is 0. The van der Waals surface area contributed by atoms with Crippen LogP contribution in [0.1, 0.15) is 31.9 Å². The van der Waals surface area contributed by atoms with Gasteiger partial charge in [0, 0.05) is 6.54 Å². The molecule has 0 bridgehead atoms. The first-order valence-electron chi connectivity index (χ1n) is 7.28. The van der Waals surface area contributed by atoms with Crippen LogP contribution < -0.4 is 5.73 Å². The highest BCUT2D eigenvalue weighted by atomic mass is 15.2. The maximum absolute atomic E-state index is 6.21. The van der Waals surface area contributed by atoms with Crippen LogP contribution in [0.3, 0.4) is 0 Å². The van der Waals surface area contributed by atoms with E-state index in [4.69, 9.17) is 5.73 Å². The number of nitrogen functional groups attached to an aromatic ring is 1. The van der Waals surface area contributed by atoms with Gasteiger partial charge in [-0.25, -0.2) is 4.98 Å². The minimum atomic E-state index is 0.357. The molecule has 4 heteroatoms. The summed E-state index contributed by atoms with van der Waals surface area (Å²) in [7, 11) is 4.21. The van der Waals surface area contributed by atoms with Crippen LogP contribution in [-0.2, 0) is 0 Å². The summed E-state index contributed by atoms with van der Waals surface area (Å²) < 4.78 is 2.23. The van der Waals surface area contributed by atoms with Crippen molar-refractivity contribution < 1.29 is 0 Å². The van der Waals surface area contributed by atoms with Gasteiger partial charge in [-0.1, -0.05) is 26.0 Å². The van der Waals surface area contributed by atoms with Crippen molar-refractivity contribution in [3.05, 3.63) is 23.8 Å². The molecule has 2 N–H and O–H groups in total. The molecule has 1 unspecified atom stereocenters. The molecule has 0 spiro atoms. The number of hydrogen-bond acceptors (Lipinski definition) is 3. The van der Waals surface area contributed by atoms with Crippen LogP contribution in [0.15, 0.2) is 18.2 Å². The molecule has 1 heterocycles. The molecule has 0 saturated heterocycles. The molecule has 1 atom stereocenters. The van der Waals surface area contributed by atoms with Gasteiger partial charge in [0.15, 0.2) is 0 Å². The SMILES string of the molecule is Cc1cccc2nc(N)n(C(CC(C)C)CN(C)C)c12. The van der Waals surface area contributed by atoms with Gasteiger partial charge in [-0.3, -0.25) is 0 Å². The van der Waals surface area contributed by atoms with Gasteiger partial charge < -0.3 is 15.2 Å². The second-order valence-electron chi connectivity index (χ2n) is 6.33. The van der Waals surface area contributed by atoms with Gasteiger partial charge in [0.25, 0.3) is 0 Å². The lowest BCUT2D eigenvalue weighted by Crippen LogP contribution is -2.26. The van der Waals surface area contributed by atoms with Crippen LogP contribution in [0.5, 0.6) is 0 Å². The molecule has 110 valence electrons. The van der Waals surface area contributed by atoms with E-state index >= 15 is 0 Å². The Balaban J connectivity index is 2.54. The average Bonchev–Trinajstić information content (AvgIpc) is 2.64. The fourth-order valence-electron chi connectivity index (χ4n) is 2.94. The topological polar surface area (TPSA) is 47.1 Å². The van der Waals surface area contributed by atoms with E-state index in [0.717, 1.165) is 18.5 Å². The molecule has 1 aromatic carbocycles. The number of nitrogens with zero attached hydrogens (tertiary/aromatic N) is 3. The summed E-state index contributed by atoms with van der Waals surface area (Å²) in [4.78, 5) is 6.75. The van der Waals surface area contributed by atoms with Crippen molar-refractivity contribution in [2.24, 2.45) is 5.92 Å². The Labute approximate surface area is 121 Å². The lowest BCUT2D eigenvalue weighted by molar-refractivity contribution is 0.294. The van der Waals surface area contributed by atoms with Crippen molar-refractivity contribution in [1.29, 1.82) is 0 Å². The van der Waals surface area contributed by atoms with Crippen LogP contribution in [0, 0.1) is 12.8 Å². The first-order chi connectivity index (χ1) is 9.40. The summed E-state index contributed by atoms with van der Waals surface area (Å²) in [5.41, 5.74) is 9.62. The summed E-state index contributed by atoms with van der Waals surface area (Å²) in [6.45, 7) is 7.61. The molecule has 0 saturated carbocycles. The molecule has 0 aliphatic heterocycles. The summed E-state index contributed by atoms with van der Waals surface area (Å²) in [5, 5.41) is 0. The number of anilines is 1. The van der Waals surface area contributed by atoms with Crippen molar-refractivity contribution in [2.75, 3.05) is 26.4 Å². The first-order valence-corrected chi connectivity index (χ1v) is 7.28. The molecule has 0 fully saturated rings. The van der Waals surface area contributed by atoms with E-state index in [9.17, 15) is 0 Å². The molecule has 0 aliphatic carbocycles. The zero-order valence-electron chi connectivity index (χ0n) is 13.2. The Bertz CT molecular complexity index is 573. The number of hydrogen-bond donors (Lipinski definition) is 1. The number of rotatable bonds is 5. The Morgan fingerprint density at radius 2 is 2.00 bits per heavy atom. The van der Waals surface area contributed by atoms with E-state index in [1.54, 1.807) is 0 Å². The quantitative estimate of drug-likeness (QED) is 0.911. The second kappa shape index (κ2) is 5.83. The van der Waals surface area contributed by atoms with E-state index in [1.807, 2.05) is 12.1 Å². The van der Waals surface area contributed by atoms with Crippen molar-refractivity contribution in [1.82, 2.24) is 14.5 Å². The predicted octanol–water partition coefficient (Wildman–Crippen LogP) is 3.08. The number of fused-ring (bicyclic) bond motifs is 1. The van der Waals surface area contributed by atoms with Gasteiger partial charge in [0.2, 0.25) is 5.95 Å². The largest absolute Gasteiger partial charge is 0.369 e. The highest BCUT2D eigenvalue weighted by molar-refractivity contribution is 5.81. The number of likely N-dealkylation sites (N-methyl/N-ethyl adjacent to an activating group) is 1. The van der Waals surface area contributed by atoms with Crippen LogP contribution in [0.25, 0.3) is 11.0 Å². The van der Waals surface area contributed by atoms with Gasteiger partial charge in [0.05, 0.1) is 17.1 Å². The van der Waals surface area contributed by atoms with Crippen molar-refractivity contribution >= 4 is 17.0 Å². The molecular weight excluding hydrogens is 248 g/mol. The third-order valence-corrected chi connectivity index (χ3v) is 3.62.